The molecule has 20 heavy (non-hydrogen) atoms. The molecule has 0 saturated heterocycles. The lowest BCUT2D eigenvalue weighted by molar-refractivity contribution is -0.142. The Morgan fingerprint density at radius 3 is 2.50 bits per heavy atom. The Labute approximate surface area is 117 Å². The maximum atomic E-state index is 11.6. The third kappa shape index (κ3) is 1.99. The van der Waals surface area contributed by atoms with Gasteiger partial charge in [-0.1, -0.05) is 37.1 Å². The van der Waals surface area contributed by atoms with Crippen LogP contribution in [0, 0.1) is 6.92 Å². The van der Waals surface area contributed by atoms with Gasteiger partial charge in [-0.05, 0) is 19.8 Å². The molecule has 1 aliphatic carbocycles. The van der Waals surface area contributed by atoms with Crippen LogP contribution in [-0.4, -0.2) is 26.8 Å². The number of carbonyl (C=O) groups is 1. The van der Waals surface area contributed by atoms with Crippen LogP contribution in [0.3, 0.4) is 0 Å². The highest BCUT2D eigenvalue weighted by Gasteiger charge is 2.41. The zero-order chi connectivity index (χ0) is 14.2. The molecule has 1 saturated carbocycles. The van der Waals surface area contributed by atoms with Gasteiger partial charge < -0.3 is 10.4 Å². The van der Waals surface area contributed by atoms with Crippen molar-refractivity contribution in [3.05, 3.63) is 30.0 Å². The Morgan fingerprint density at radius 1 is 1.20 bits per heavy atom. The van der Waals surface area contributed by atoms with Crippen LogP contribution in [0.1, 0.15) is 31.4 Å². The Morgan fingerprint density at radius 2 is 1.85 bits per heavy atom. The summed E-state index contributed by atoms with van der Waals surface area (Å²) in [5.74, 6) is -0.239. The van der Waals surface area contributed by atoms with E-state index < -0.39 is 11.5 Å². The second kappa shape index (κ2) is 4.74. The smallest absolute Gasteiger partial charge is 0.329 e. The van der Waals surface area contributed by atoms with E-state index in [9.17, 15) is 9.90 Å². The minimum absolute atomic E-state index is 0.565. The van der Waals surface area contributed by atoms with Gasteiger partial charge in [-0.25, -0.2) is 4.79 Å². The van der Waals surface area contributed by atoms with E-state index >= 15 is 0 Å². The molecule has 1 aliphatic rings. The van der Waals surface area contributed by atoms with Crippen molar-refractivity contribution >= 4 is 22.6 Å². The molecule has 104 valence electrons. The van der Waals surface area contributed by atoms with Gasteiger partial charge in [-0.15, -0.1) is 5.10 Å². The number of aliphatic carboxylic acids is 1. The largest absolute Gasteiger partial charge is 0.480 e. The van der Waals surface area contributed by atoms with Gasteiger partial charge in [0.05, 0.1) is 5.69 Å². The summed E-state index contributed by atoms with van der Waals surface area (Å²) in [5.41, 5.74) is -0.0471. The van der Waals surface area contributed by atoms with Crippen molar-refractivity contribution in [3.8, 4) is 0 Å². The van der Waals surface area contributed by atoms with Gasteiger partial charge in [0, 0.05) is 10.8 Å². The number of benzene rings is 1. The molecule has 5 nitrogen and oxygen atoms in total. The number of rotatable bonds is 3. The molecule has 0 spiro atoms. The first-order valence-electron chi connectivity index (χ1n) is 6.86. The predicted molar refractivity (Wildman–Crippen MR) is 76.7 cm³/mol. The minimum Gasteiger partial charge on any atom is -0.480 e. The number of aryl methyl sites for hydroxylation is 1. The minimum atomic E-state index is -0.896. The van der Waals surface area contributed by atoms with Crippen molar-refractivity contribution in [1.82, 2.24) is 10.2 Å². The predicted octanol–water partition coefficient (Wildman–Crippen LogP) is 2.75. The van der Waals surface area contributed by atoms with Crippen LogP contribution < -0.4 is 5.32 Å². The number of nitrogens with zero attached hydrogens (tertiary/aromatic N) is 2. The quantitative estimate of drug-likeness (QED) is 0.897. The SMILES string of the molecule is Cc1nnc(NC2(C(=O)O)CCCC2)c2ccccc12. The Bertz CT molecular complexity index is 663. The number of anilines is 1. The van der Waals surface area contributed by atoms with Crippen LogP contribution in [0.15, 0.2) is 24.3 Å². The van der Waals surface area contributed by atoms with Crippen LogP contribution in [0.25, 0.3) is 10.8 Å². The van der Waals surface area contributed by atoms with Gasteiger partial charge >= 0.3 is 5.97 Å². The summed E-state index contributed by atoms with van der Waals surface area (Å²) in [6.45, 7) is 1.90. The van der Waals surface area contributed by atoms with E-state index in [1.807, 2.05) is 31.2 Å². The maximum absolute atomic E-state index is 11.6. The standard InChI is InChI=1S/C15H17N3O2/c1-10-11-6-2-3-7-12(11)13(18-17-10)16-15(14(19)20)8-4-5-9-15/h2-3,6-7H,4-5,8-9H2,1H3,(H,16,18)(H,19,20). The molecular weight excluding hydrogens is 254 g/mol. The van der Waals surface area contributed by atoms with Crippen LogP contribution >= 0.6 is 0 Å². The van der Waals surface area contributed by atoms with E-state index in [1.54, 1.807) is 0 Å². The van der Waals surface area contributed by atoms with E-state index in [0.717, 1.165) is 29.3 Å². The number of carboxylic acids is 1. The molecule has 0 atom stereocenters. The lowest BCUT2D eigenvalue weighted by atomic mass is 9.97. The van der Waals surface area contributed by atoms with Crippen LogP contribution in [0.5, 0.6) is 0 Å². The molecule has 1 heterocycles. The average molecular weight is 271 g/mol. The van der Waals surface area contributed by atoms with Crippen molar-refractivity contribution in [2.45, 2.75) is 38.1 Å². The Balaban J connectivity index is 2.07. The molecule has 1 aromatic carbocycles. The fourth-order valence-corrected chi connectivity index (χ4v) is 2.93. The molecule has 0 unspecified atom stereocenters. The van der Waals surface area contributed by atoms with Gasteiger partial charge in [0.15, 0.2) is 5.82 Å². The summed E-state index contributed by atoms with van der Waals surface area (Å²) in [5, 5.41) is 22.9. The molecule has 0 amide bonds. The zero-order valence-electron chi connectivity index (χ0n) is 11.4. The molecule has 2 N–H and O–H groups in total. The van der Waals surface area contributed by atoms with Crippen LogP contribution in [0.4, 0.5) is 5.82 Å². The summed E-state index contributed by atoms with van der Waals surface area (Å²) < 4.78 is 0. The fraction of sp³-hybridized carbons (Fsp3) is 0.400. The van der Waals surface area contributed by atoms with Crippen molar-refractivity contribution in [3.63, 3.8) is 0 Å². The summed E-state index contributed by atoms with van der Waals surface area (Å²) in [7, 11) is 0. The van der Waals surface area contributed by atoms with E-state index in [2.05, 4.69) is 15.5 Å². The second-order valence-electron chi connectivity index (χ2n) is 5.40. The van der Waals surface area contributed by atoms with Crippen molar-refractivity contribution in [2.24, 2.45) is 0 Å². The van der Waals surface area contributed by atoms with Gasteiger partial charge in [0.1, 0.15) is 5.54 Å². The highest BCUT2D eigenvalue weighted by molar-refractivity contribution is 5.95. The summed E-state index contributed by atoms with van der Waals surface area (Å²) in [4.78, 5) is 11.6. The van der Waals surface area contributed by atoms with E-state index in [4.69, 9.17) is 0 Å². The number of fused-ring (bicyclic) bond motifs is 1. The van der Waals surface area contributed by atoms with Crippen LogP contribution in [-0.2, 0) is 4.79 Å². The fourth-order valence-electron chi connectivity index (χ4n) is 2.93. The molecule has 1 aromatic heterocycles. The van der Waals surface area contributed by atoms with Gasteiger partial charge in [-0.2, -0.15) is 5.10 Å². The van der Waals surface area contributed by atoms with Gasteiger partial charge in [0.25, 0.3) is 0 Å². The average Bonchev–Trinajstić information content (AvgIpc) is 2.92. The third-order valence-electron chi connectivity index (χ3n) is 4.10. The Hall–Kier alpha value is -2.17. The Kier molecular flexibility index (Phi) is 3.04. The van der Waals surface area contributed by atoms with Gasteiger partial charge in [-0.3, -0.25) is 0 Å². The second-order valence-corrected chi connectivity index (χ2v) is 5.40. The van der Waals surface area contributed by atoms with Crippen molar-refractivity contribution in [1.29, 1.82) is 0 Å². The number of hydrogen-bond acceptors (Lipinski definition) is 4. The highest BCUT2D eigenvalue weighted by Crippen LogP contribution is 2.34. The summed E-state index contributed by atoms with van der Waals surface area (Å²) in [6.07, 6.45) is 3.12. The van der Waals surface area contributed by atoms with E-state index in [0.29, 0.717) is 18.7 Å². The van der Waals surface area contributed by atoms with Gasteiger partial charge in [0.2, 0.25) is 0 Å². The molecular formula is C15H17N3O2. The monoisotopic (exact) mass is 271 g/mol. The number of hydrogen-bond donors (Lipinski definition) is 2. The maximum Gasteiger partial charge on any atom is 0.329 e. The van der Waals surface area contributed by atoms with Crippen molar-refractivity contribution in [2.75, 3.05) is 5.32 Å². The lowest BCUT2D eigenvalue weighted by Crippen LogP contribution is -2.44. The van der Waals surface area contributed by atoms with E-state index in [-0.39, 0.29) is 0 Å². The number of aromatic nitrogens is 2. The lowest BCUT2D eigenvalue weighted by Gasteiger charge is -2.26. The van der Waals surface area contributed by atoms with Crippen molar-refractivity contribution < 1.29 is 9.90 Å². The number of nitrogens with one attached hydrogen (secondary N) is 1. The summed E-state index contributed by atoms with van der Waals surface area (Å²) in [6, 6.07) is 7.80. The normalized spacial score (nSPS) is 17.2. The molecule has 2 aromatic rings. The third-order valence-corrected chi connectivity index (χ3v) is 4.10. The highest BCUT2D eigenvalue weighted by atomic mass is 16.4. The topological polar surface area (TPSA) is 75.1 Å². The molecule has 5 heteroatoms. The number of carboxylic acid groups (broad SMARTS) is 1. The molecule has 0 bridgehead atoms. The molecule has 0 radical (unpaired) electrons. The first kappa shape index (κ1) is 12.8. The zero-order valence-corrected chi connectivity index (χ0v) is 11.4. The molecule has 3 rings (SSSR count). The molecule has 0 aliphatic heterocycles. The van der Waals surface area contributed by atoms with Crippen LogP contribution in [0.2, 0.25) is 0 Å². The first-order chi connectivity index (χ1) is 9.62. The first-order valence-corrected chi connectivity index (χ1v) is 6.86. The molecule has 1 fully saturated rings. The van der Waals surface area contributed by atoms with E-state index in [1.165, 1.54) is 0 Å². The summed E-state index contributed by atoms with van der Waals surface area (Å²) >= 11 is 0.